The van der Waals surface area contributed by atoms with Crippen molar-refractivity contribution in [1.82, 2.24) is 10.2 Å². The Bertz CT molecular complexity index is 503. The van der Waals surface area contributed by atoms with Crippen LogP contribution >= 0.6 is 0 Å². The van der Waals surface area contributed by atoms with E-state index >= 15 is 0 Å². The van der Waals surface area contributed by atoms with Gasteiger partial charge in [0.25, 0.3) is 5.91 Å². The Kier molecular flexibility index (Phi) is 5.68. The molecule has 126 valence electrons. The molecule has 1 saturated carbocycles. The SMILES string of the molecule is CNC(=O)c1ccc(CN(C[C@H]2CCCO2)C2CCCC2)cc1. The van der Waals surface area contributed by atoms with Crippen molar-refractivity contribution in [2.24, 2.45) is 0 Å². The monoisotopic (exact) mass is 316 g/mol. The molecule has 1 aliphatic heterocycles. The molecular formula is C19H28N2O2. The first-order chi connectivity index (χ1) is 11.3. The smallest absolute Gasteiger partial charge is 0.251 e. The molecule has 0 spiro atoms. The number of nitrogens with one attached hydrogen (secondary N) is 1. The van der Waals surface area contributed by atoms with E-state index in [-0.39, 0.29) is 5.91 Å². The molecule has 0 unspecified atom stereocenters. The van der Waals surface area contributed by atoms with Crippen LogP contribution in [0.15, 0.2) is 24.3 Å². The van der Waals surface area contributed by atoms with E-state index in [1.165, 1.54) is 44.1 Å². The minimum atomic E-state index is -0.0245. The number of amides is 1. The molecule has 1 atom stereocenters. The van der Waals surface area contributed by atoms with Crippen LogP contribution in [0.2, 0.25) is 0 Å². The van der Waals surface area contributed by atoms with Crippen LogP contribution in [0, 0.1) is 0 Å². The zero-order chi connectivity index (χ0) is 16.1. The van der Waals surface area contributed by atoms with Crippen LogP contribution in [0.5, 0.6) is 0 Å². The number of nitrogens with zero attached hydrogens (tertiary/aromatic N) is 1. The number of ether oxygens (including phenoxy) is 1. The number of benzene rings is 1. The second-order valence-corrected chi connectivity index (χ2v) is 6.78. The molecule has 23 heavy (non-hydrogen) atoms. The van der Waals surface area contributed by atoms with Gasteiger partial charge < -0.3 is 10.1 Å². The Balaban J connectivity index is 1.65. The molecule has 2 aliphatic rings. The molecule has 1 aromatic carbocycles. The summed E-state index contributed by atoms with van der Waals surface area (Å²) in [5.41, 5.74) is 2.00. The fourth-order valence-electron chi connectivity index (χ4n) is 3.80. The van der Waals surface area contributed by atoms with Gasteiger partial charge in [-0.3, -0.25) is 9.69 Å². The van der Waals surface area contributed by atoms with Crippen LogP contribution < -0.4 is 5.32 Å². The third kappa shape index (κ3) is 4.33. The van der Waals surface area contributed by atoms with Gasteiger partial charge in [0, 0.05) is 38.3 Å². The fraction of sp³-hybridized carbons (Fsp3) is 0.632. The summed E-state index contributed by atoms with van der Waals surface area (Å²) in [5.74, 6) is -0.0245. The lowest BCUT2D eigenvalue weighted by molar-refractivity contribution is 0.0542. The van der Waals surface area contributed by atoms with Gasteiger partial charge in [0.05, 0.1) is 6.10 Å². The Morgan fingerprint density at radius 3 is 2.52 bits per heavy atom. The van der Waals surface area contributed by atoms with Gasteiger partial charge in [-0.15, -0.1) is 0 Å². The van der Waals surface area contributed by atoms with E-state index in [9.17, 15) is 4.79 Å². The summed E-state index contributed by atoms with van der Waals surface area (Å²) in [7, 11) is 1.67. The quantitative estimate of drug-likeness (QED) is 0.877. The highest BCUT2D eigenvalue weighted by Crippen LogP contribution is 2.27. The maximum Gasteiger partial charge on any atom is 0.251 e. The average Bonchev–Trinajstić information content (AvgIpc) is 3.27. The van der Waals surface area contributed by atoms with Crippen molar-refractivity contribution in [2.75, 3.05) is 20.2 Å². The van der Waals surface area contributed by atoms with Crippen LogP contribution in [-0.4, -0.2) is 43.2 Å². The summed E-state index contributed by atoms with van der Waals surface area (Å²) >= 11 is 0. The second-order valence-electron chi connectivity index (χ2n) is 6.78. The summed E-state index contributed by atoms with van der Waals surface area (Å²) in [6.45, 7) is 2.92. The molecule has 4 heteroatoms. The number of hydrogen-bond acceptors (Lipinski definition) is 3. The zero-order valence-electron chi connectivity index (χ0n) is 14.1. The van der Waals surface area contributed by atoms with E-state index in [0.717, 1.165) is 25.3 Å². The van der Waals surface area contributed by atoms with Gasteiger partial charge >= 0.3 is 0 Å². The van der Waals surface area contributed by atoms with Gasteiger partial charge in [-0.1, -0.05) is 25.0 Å². The minimum absolute atomic E-state index is 0.0245. The Morgan fingerprint density at radius 2 is 1.91 bits per heavy atom. The van der Waals surface area contributed by atoms with E-state index in [1.54, 1.807) is 7.05 Å². The van der Waals surface area contributed by atoms with Crippen molar-refractivity contribution >= 4 is 5.91 Å². The lowest BCUT2D eigenvalue weighted by Gasteiger charge is -2.31. The zero-order valence-corrected chi connectivity index (χ0v) is 14.1. The van der Waals surface area contributed by atoms with Crippen LogP contribution in [0.1, 0.15) is 54.4 Å². The summed E-state index contributed by atoms with van der Waals surface area (Å²) in [5, 5.41) is 2.67. The highest BCUT2D eigenvalue weighted by atomic mass is 16.5. The van der Waals surface area contributed by atoms with Crippen molar-refractivity contribution in [3.8, 4) is 0 Å². The summed E-state index contributed by atoms with van der Waals surface area (Å²) in [6, 6.07) is 8.71. The molecule has 1 heterocycles. The molecule has 1 aromatic rings. The molecule has 1 saturated heterocycles. The maximum absolute atomic E-state index is 11.6. The Labute approximate surface area is 139 Å². The molecule has 1 amide bonds. The largest absolute Gasteiger partial charge is 0.377 e. The van der Waals surface area contributed by atoms with Gasteiger partial charge in [0.2, 0.25) is 0 Å². The van der Waals surface area contributed by atoms with E-state index in [0.29, 0.717) is 12.1 Å². The van der Waals surface area contributed by atoms with Gasteiger partial charge in [0.15, 0.2) is 0 Å². The molecule has 0 bridgehead atoms. The van der Waals surface area contributed by atoms with Crippen LogP contribution in [-0.2, 0) is 11.3 Å². The van der Waals surface area contributed by atoms with Crippen LogP contribution in [0.4, 0.5) is 0 Å². The molecule has 0 aromatic heterocycles. The van der Waals surface area contributed by atoms with Crippen LogP contribution in [0.25, 0.3) is 0 Å². The third-order valence-electron chi connectivity index (χ3n) is 5.13. The lowest BCUT2D eigenvalue weighted by Crippen LogP contribution is -2.38. The molecule has 1 N–H and O–H groups in total. The number of rotatable bonds is 6. The van der Waals surface area contributed by atoms with Crippen molar-refractivity contribution < 1.29 is 9.53 Å². The molecule has 2 fully saturated rings. The molecular weight excluding hydrogens is 288 g/mol. The first-order valence-corrected chi connectivity index (χ1v) is 8.93. The maximum atomic E-state index is 11.6. The van der Waals surface area contributed by atoms with E-state index in [4.69, 9.17) is 4.74 Å². The molecule has 1 aliphatic carbocycles. The first kappa shape index (κ1) is 16.5. The fourth-order valence-corrected chi connectivity index (χ4v) is 3.80. The van der Waals surface area contributed by atoms with Crippen molar-refractivity contribution in [3.63, 3.8) is 0 Å². The molecule has 0 radical (unpaired) electrons. The highest BCUT2D eigenvalue weighted by molar-refractivity contribution is 5.93. The van der Waals surface area contributed by atoms with Gasteiger partial charge in [0.1, 0.15) is 0 Å². The van der Waals surface area contributed by atoms with Crippen molar-refractivity contribution in [1.29, 1.82) is 0 Å². The summed E-state index contributed by atoms with van der Waals surface area (Å²) in [6.07, 6.45) is 8.11. The van der Waals surface area contributed by atoms with E-state index in [1.807, 2.05) is 12.1 Å². The number of hydrogen-bond donors (Lipinski definition) is 1. The minimum Gasteiger partial charge on any atom is -0.377 e. The normalized spacial score (nSPS) is 21.9. The Morgan fingerprint density at radius 1 is 1.17 bits per heavy atom. The third-order valence-corrected chi connectivity index (χ3v) is 5.13. The average molecular weight is 316 g/mol. The van der Waals surface area contributed by atoms with E-state index in [2.05, 4.69) is 22.3 Å². The standard InChI is InChI=1S/C19H28N2O2/c1-20-19(22)16-10-8-15(9-11-16)13-21(17-5-2-3-6-17)14-18-7-4-12-23-18/h8-11,17-18H,2-7,12-14H2,1H3,(H,20,22)/t18-/m1/s1. The number of carbonyl (C=O) groups is 1. The predicted octanol–water partition coefficient (Wildman–Crippen LogP) is 2.97. The highest BCUT2D eigenvalue weighted by Gasteiger charge is 2.27. The predicted molar refractivity (Wildman–Crippen MR) is 91.5 cm³/mol. The van der Waals surface area contributed by atoms with Gasteiger partial charge in [-0.05, 0) is 43.4 Å². The summed E-state index contributed by atoms with van der Waals surface area (Å²) in [4.78, 5) is 14.3. The second kappa shape index (κ2) is 7.93. The topological polar surface area (TPSA) is 41.6 Å². The van der Waals surface area contributed by atoms with Gasteiger partial charge in [-0.25, -0.2) is 0 Å². The van der Waals surface area contributed by atoms with Crippen molar-refractivity contribution in [2.45, 2.75) is 57.2 Å². The lowest BCUT2D eigenvalue weighted by atomic mass is 10.1. The molecule has 3 rings (SSSR count). The first-order valence-electron chi connectivity index (χ1n) is 8.93. The van der Waals surface area contributed by atoms with Crippen LogP contribution in [0.3, 0.4) is 0 Å². The molecule has 4 nitrogen and oxygen atoms in total. The van der Waals surface area contributed by atoms with Crippen molar-refractivity contribution in [3.05, 3.63) is 35.4 Å². The number of carbonyl (C=O) groups excluding carboxylic acids is 1. The Hall–Kier alpha value is -1.39. The summed E-state index contributed by atoms with van der Waals surface area (Å²) < 4.78 is 5.85. The van der Waals surface area contributed by atoms with Gasteiger partial charge in [-0.2, -0.15) is 0 Å². The van der Waals surface area contributed by atoms with E-state index < -0.39 is 0 Å².